The number of nitrogens with zero attached hydrogens (tertiary/aromatic N) is 2. The number of morpholine rings is 1. The third-order valence-corrected chi connectivity index (χ3v) is 8.16. The highest BCUT2D eigenvalue weighted by Gasteiger charge is 2.28. The van der Waals surface area contributed by atoms with Crippen LogP contribution in [0.1, 0.15) is 5.56 Å². The fraction of sp³-hybridized carbons (Fsp3) is 0.312. The number of aromatic nitrogens is 1. The molecule has 152 valence electrons. The SMILES string of the molecule is Cc1ccc(NS(=O)(=O)c2ccc(Cl)nc2Cl)cc1S(=O)(=O)N1CCOCC1. The molecule has 0 atom stereocenters. The molecule has 0 radical (unpaired) electrons. The van der Waals surface area contributed by atoms with Crippen LogP contribution in [0.2, 0.25) is 10.3 Å². The van der Waals surface area contributed by atoms with Crippen LogP contribution in [0.15, 0.2) is 40.1 Å². The second-order valence-electron chi connectivity index (χ2n) is 6.03. The zero-order valence-electron chi connectivity index (χ0n) is 14.7. The molecule has 12 heteroatoms. The lowest BCUT2D eigenvalue weighted by Crippen LogP contribution is -2.40. The van der Waals surface area contributed by atoms with E-state index in [4.69, 9.17) is 27.9 Å². The Balaban J connectivity index is 1.95. The molecule has 1 fully saturated rings. The fourth-order valence-electron chi connectivity index (χ4n) is 2.68. The maximum absolute atomic E-state index is 12.9. The van der Waals surface area contributed by atoms with Gasteiger partial charge in [-0.15, -0.1) is 0 Å². The second-order valence-corrected chi connectivity index (χ2v) is 10.3. The average molecular weight is 466 g/mol. The number of nitrogens with one attached hydrogen (secondary N) is 1. The molecule has 0 unspecified atom stereocenters. The van der Waals surface area contributed by atoms with Crippen LogP contribution < -0.4 is 4.72 Å². The molecule has 0 amide bonds. The summed E-state index contributed by atoms with van der Waals surface area (Å²) in [4.78, 5) is 3.47. The van der Waals surface area contributed by atoms with Crippen LogP contribution in [-0.4, -0.2) is 52.4 Å². The van der Waals surface area contributed by atoms with Crippen LogP contribution in [0.25, 0.3) is 0 Å². The zero-order valence-corrected chi connectivity index (χ0v) is 17.9. The highest BCUT2D eigenvalue weighted by molar-refractivity contribution is 7.92. The lowest BCUT2D eigenvalue weighted by Gasteiger charge is -2.26. The van der Waals surface area contributed by atoms with Crippen LogP contribution in [0.3, 0.4) is 0 Å². The third kappa shape index (κ3) is 4.42. The van der Waals surface area contributed by atoms with Gasteiger partial charge in [-0.3, -0.25) is 4.72 Å². The van der Waals surface area contributed by atoms with Gasteiger partial charge in [0.05, 0.1) is 23.8 Å². The summed E-state index contributed by atoms with van der Waals surface area (Å²) < 4.78 is 60.0. The highest BCUT2D eigenvalue weighted by atomic mass is 35.5. The third-order valence-electron chi connectivity index (χ3n) is 4.10. The smallest absolute Gasteiger partial charge is 0.264 e. The van der Waals surface area contributed by atoms with Gasteiger partial charge < -0.3 is 4.74 Å². The van der Waals surface area contributed by atoms with Crippen molar-refractivity contribution in [1.29, 1.82) is 0 Å². The predicted molar refractivity (Wildman–Crippen MR) is 106 cm³/mol. The fourth-order valence-corrected chi connectivity index (χ4v) is 6.05. The Morgan fingerprint density at radius 3 is 2.36 bits per heavy atom. The van der Waals surface area contributed by atoms with Gasteiger partial charge in [0.2, 0.25) is 10.0 Å². The molecule has 1 saturated heterocycles. The van der Waals surface area contributed by atoms with Gasteiger partial charge >= 0.3 is 0 Å². The Hall–Kier alpha value is -1.43. The van der Waals surface area contributed by atoms with Gasteiger partial charge in [-0.1, -0.05) is 29.3 Å². The summed E-state index contributed by atoms with van der Waals surface area (Å²) in [6.45, 7) is 2.75. The van der Waals surface area contributed by atoms with E-state index in [0.717, 1.165) is 0 Å². The van der Waals surface area contributed by atoms with E-state index < -0.39 is 20.0 Å². The van der Waals surface area contributed by atoms with Gasteiger partial charge in [-0.05, 0) is 36.8 Å². The summed E-state index contributed by atoms with van der Waals surface area (Å²) in [6.07, 6.45) is 0. The van der Waals surface area contributed by atoms with Crippen molar-refractivity contribution in [1.82, 2.24) is 9.29 Å². The molecule has 28 heavy (non-hydrogen) atoms. The van der Waals surface area contributed by atoms with Crippen LogP contribution >= 0.6 is 23.2 Å². The van der Waals surface area contributed by atoms with Crippen LogP contribution in [0.5, 0.6) is 0 Å². The summed E-state index contributed by atoms with van der Waals surface area (Å²) in [5, 5.41) is -0.230. The standard InChI is InChI=1S/C16H17Cl2N3O5S2/c1-11-2-3-12(10-14(11)28(24,25)21-6-8-26-9-7-21)20-27(22,23)13-4-5-15(17)19-16(13)18/h2-5,10,20H,6-9H2,1H3. The van der Waals surface area contributed by atoms with E-state index in [1.165, 1.54) is 34.6 Å². The molecular formula is C16H17Cl2N3O5S2. The molecule has 8 nitrogen and oxygen atoms in total. The lowest BCUT2D eigenvalue weighted by atomic mass is 10.2. The van der Waals surface area contributed by atoms with Crippen molar-refractivity contribution in [3.63, 3.8) is 0 Å². The van der Waals surface area contributed by atoms with Crippen LogP contribution in [-0.2, 0) is 24.8 Å². The Morgan fingerprint density at radius 1 is 1.04 bits per heavy atom. The first-order valence-corrected chi connectivity index (χ1v) is 11.8. The molecule has 1 aromatic carbocycles. The van der Waals surface area contributed by atoms with E-state index in [-0.39, 0.29) is 38.9 Å². The first-order valence-electron chi connectivity index (χ1n) is 8.15. The number of benzene rings is 1. The van der Waals surface area contributed by atoms with Crippen molar-refractivity contribution in [3.8, 4) is 0 Å². The molecular weight excluding hydrogens is 449 g/mol. The molecule has 0 aliphatic carbocycles. The quantitative estimate of drug-likeness (QED) is 0.679. The average Bonchev–Trinajstić information content (AvgIpc) is 2.63. The minimum Gasteiger partial charge on any atom is -0.379 e. The van der Waals surface area contributed by atoms with Gasteiger partial charge in [0.1, 0.15) is 10.0 Å². The molecule has 3 rings (SSSR count). The number of halogens is 2. The number of hydrogen-bond donors (Lipinski definition) is 1. The van der Waals surface area contributed by atoms with Crippen molar-refractivity contribution in [2.75, 3.05) is 31.0 Å². The molecule has 0 saturated carbocycles. The summed E-state index contributed by atoms with van der Waals surface area (Å²) in [6, 6.07) is 6.81. The Labute approximate surface area is 173 Å². The highest BCUT2D eigenvalue weighted by Crippen LogP contribution is 2.27. The number of anilines is 1. The molecule has 1 aliphatic heterocycles. The first kappa shape index (κ1) is 21.3. The molecule has 0 spiro atoms. The molecule has 0 bridgehead atoms. The van der Waals surface area contributed by atoms with E-state index in [9.17, 15) is 16.8 Å². The van der Waals surface area contributed by atoms with Gasteiger partial charge in [0.25, 0.3) is 10.0 Å². The van der Waals surface area contributed by atoms with Crippen molar-refractivity contribution < 1.29 is 21.6 Å². The molecule has 2 aromatic rings. The van der Waals surface area contributed by atoms with Gasteiger partial charge in [0, 0.05) is 13.1 Å². The molecule has 1 aliphatic rings. The van der Waals surface area contributed by atoms with Crippen molar-refractivity contribution >= 4 is 48.9 Å². The zero-order chi connectivity index (χ0) is 20.5. The Morgan fingerprint density at radius 2 is 1.71 bits per heavy atom. The monoisotopic (exact) mass is 465 g/mol. The number of rotatable bonds is 5. The van der Waals surface area contributed by atoms with Crippen molar-refractivity contribution in [2.24, 2.45) is 0 Å². The predicted octanol–water partition coefficient (Wildman–Crippen LogP) is 2.52. The van der Waals surface area contributed by atoms with Gasteiger partial charge in [-0.25, -0.2) is 21.8 Å². The maximum Gasteiger partial charge on any atom is 0.264 e. The van der Waals surface area contributed by atoms with E-state index >= 15 is 0 Å². The normalized spacial score (nSPS) is 16.1. The number of sulfonamides is 2. The Bertz CT molecular complexity index is 1100. The minimum absolute atomic E-state index is 0.0231. The summed E-state index contributed by atoms with van der Waals surface area (Å²) in [7, 11) is -7.88. The van der Waals surface area contributed by atoms with E-state index in [1.54, 1.807) is 6.92 Å². The molecule has 1 N–H and O–H groups in total. The van der Waals surface area contributed by atoms with Crippen LogP contribution in [0, 0.1) is 6.92 Å². The second kappa shape index (κ2) is 8.13. The number of pyridine rings is 1. The lowest BCUT2D eigenvalue weighted by molar-refractivity contribution is 0.0730. The summed E-state index contributed by atoms with van der Waals surface area (Å²) >= 11 is 11.6. The Kier molecular flexibility index (Phi) is 6.18. The summed E-state index contributed by atoms with van der Waals surface area (Å²) in [5.41, 5.74) is 0.587. The van der Waals surface area contributed by atoms with E-state index in [2.05, 4.69) is 9.71 Å². The molecule has 1 aromatic heterocycles. The van der Waals surface area contributed by atoms with Crippen LogP contribution in [0.4, 0.5) is 5.69 Å². The first-order chi connectivity index (χ1) is 13.1. The van der Waals surface area contributed by atoms with Gasteiger partial charge in [-0.2, -0.15) is 4.31 Å². The van der Waals surface area contributed by atoms with Gasteiger partial charge in [0.15, 0.2) is 5.15 Å². The van der Waals surface area contributed by atoms with E-state index in [0.29, 0.717) is 18.8 Å². The minimum atomic E-state index is -4.09. The molecule has 2 heterocycles. The number of ether oxygens (including phenoxy) is 1. The topological polar surface area (TPSA) is 106 Å². The number of hydrogen-bond acceptors (Lipinski definition) is 6. The van der Waals surface area contributed by atoms with Crippen molar-refractivity contribution in [2.45, 2.75) is 16.7 Å². The van der Waals surface area contributed by atoms with Crippen molar-refractivity contribution in [3.05, 3.63) is 46.2 Å². The van der Waals surface area contributed by atoms with E-state index in [1.807, 2.05) is 0 Å². The maximum atomic E-state index is 12.9. The number of aryl methyl sites for hydroxylation is 1. The largest absolute Gasteiger partial charge is 0.379 e. The summed E-state index contributed by atoms with van der Waals surface area (Å²) in [5.74, 6) is 0.